The van der Waals surface area contributed by atoms with E-state index in [0.29, 0.717) is 0 Å². The first-order chi connectivity index (χ1) is 7.25. The van der Waals surface area contributed by atoms with Gasteiger partial charge in [0.15, 0.2) is 0 Å². The fourth-order valence-electron chi connectivity index (χ4n) is 1.52. The zero-order valence-electron chi connectivity index (χ0n) is 8.16. The molecule has 0 N–H and O–H groups in total. The van der Waals surface area contributed by atoms with Crippen LogP contribution in [0.1, 0.15) is 5.56 Å². The van der Waals surface area contributed by atoms with Crippen molar-refractivity contribution in [2.75, 3.05) is 6.54 Å². The fourth-order valence-corrected chi connectivity index (χ4v) is 1.95. The number of allylic oxidation sites excluding steroid dienone is 2. The topological polar surface area (TPSA) is 3.24 Å². The van der Waals surface area contributed by atoms with Gasteiger partial charge in [0.1, 0.15) is 5.82 Å². The van der Waals surface area contributed by atoms with Crippen LogP contribution in [-0.4, -0.2) is 11.4 Å². The lowest BCUT2D eigenvalue weighted by atomic mass is 10.2. The molecule has 0 spiro atoms. The molecular formula is C12H11BrFN. The van der Waals surface area contributed by atoms with Gasteiger partial charge in [-0.2, -0.15) is 0 Å². The lowest BCUT2D eigenvalue weighted by Gasteiger charge is -2.24. The van der Waals surface area contributed by atoms with Crippen molar-refractivity contribution in [1.82, 2.24) is 4.90 Å². The Morgan fingerprint density at radius 1 is 1.40 bits per heavy atom. The molecule has 0 atom stereocenters. The highest BCUT2D eigenvalue weighted by molar-refractivity contribution is 9.11. The Hall–Kier alpha value is -1.09. The molecule has 1 aromatic rings. The summed E-state index contributed by atoms with van der Waals surface area (Å²) in [5, 5.41) is 0. The maximum absolute atomic E-state index is 13.0. The van der Waals surface area contributed by atoms with Crippen molar-refractivity contribution in [3.8, 4) is 0 Å². The van der Waals surface area contributed by atoms with Gasteiger partial charge in [-0.1, -0.05) is 24.3 Å². The van der Waals surface area contributed by atoms with Gasteiger partial charge in [0.25, 0.3) is 0 Å². The molecule has 0 fully saturated rings. The Morgan fingerprint density at radius 3 is 3.00 bits per heavy atom. The summed E-state index contributed by atoms with van der Waals surface area (Å²) in [4.78, 5) is 2.13. The van der Waals surface area contributed by atoms with E-state index >= 15 is 0 Å². The highest BCUT2D eigenvalue weighted by atomic mass is 79.9. The van der Waals surface area contributed by atoms with Crippen LogP contribution in [0.5, 0.6) is 0 Å². The molecule has 1 aliphatic heterocycles. The van der Waals surface area contributed by atoms with Crippen molar-refractivity contribution in [3.05, 3.63) is 58.5 Å². The summed E-state index contributed by atoms with van der Waals surface area (Å²) in [5.41, 5.74) is 0.982. The van der Waals surface area contributed by atoms with Crippen LogP contribution >= 0.6 is 15.9 Å². The van der Waals surface area contributed by atoms with Crippen LogP contribution in [0.4, 0.5) is 4.39 Å². The van der Waals surface area contributed by atoms with Crippen LogP contribution in [0.3, 0.4) is 0 Å². The molecule has 0 amide bonds. The van der Waals surface area contributed by atoms with E-state index in [9.17, 15) is 4.39 Å². The van der Waals surface area contributed by atoms with Crippen molar-refractivity contribution in [2.45, 2.75) is 6.54 Å². The Balaban J connectivity index is 2.09. The van der Waals surface area contributed by atoms with Gasteiger partial charge < -0.3 is 4.90 Å². The van der Waals surface area contributed by atoms with Crippen LogP contribution in [0.15, 0.2) is 47.1 Å². The van der Waals surface area contributed by atoms with Crippen molar-refractivity contribution in [3.63, 3.8) is 0 Å². The quantitative estimate of drug-likeness (QED) is 0.743. The molecule has 1 heterocycles. The molecule has 78 valence electrons. The van der Waals surface area contributed by atoms with Crippen LogP contribution in [0, 0.1) is 5.82 Å². The zero-order valence-corrected chi connectivity index (χ0v) is 9.74. The minimum Gasteiger partial charge on any atom is -0.358 e. The van der Waals surface area contributed by atoms with Gasteiger partial charge >= 0.3 is 0 Å². The van der Waals surface area contributed by atoms with E-state index in [0.717, 1.165) is 23.3 Å². The normalized spacial score (nSPS) is 15.3. The summed E-state index contributed by atoms with van der Waals surface area (Å²) in [6, 6.07) is 6.70. The summed E-state index contributed by atoms with van der Waals surface area (Å²) in [7, 11) is 0. The second-order valence-electron chi connectivity index (χ2n) is 3.43. The molecular weight excluding hydrogens is 257 g/mol. The van der Waals surface area contributed by atoms with Crippen LogP contribution in [0.2, 0.25) is 0 Å². The molecule has 0 unspecified atom stereocenters. The lowest BCUT2D eigenvalue weighted by molar-refractivity contribution is 0.396. The van der Waals surface area contributed by atoms with E-state index in [1.54, 1.807) is 12.1 Å². The first-order valence-electron chi connectivity index (χ1n) is 4.77. The molecule has 1 aromatic carbocycles. The molecule has 0 saturated heterocycles. The monoisotopic (exact) mass is 267 g/mol. The summed E-state index contributed by atoms with van der Waals surface area (Å²) in [6.45, 7) is 1.58. The SMILES string of the molecule is Fc1cccc(CN2CC=CC=C2Br)c1. The number of benzene rings is 1. The van der Waals surface area contributed by atoms with E-state index in [1.807, 2.05) is 18.2 Å². The van der Waals surface area contributed by atoms with E-state index in [1.165, 1.54) is 6.07 Å². The third-order valence-electron chi connectivity index (χ3n) is 2.26. The van der Waals surface area contributed by atoms with E-state index in [2.05, 4.69) is 26.9 Å². The third-order valence-corrected chi connectivity index (χ3v) is 3.03. The van der Waals surface area contributed by atoms with E-state index in [4.69, 9.17) is 0 Å². The summed E-state index contributed by atoms with van der Waals surface area (Å²) < 4.78 is 14.0. The molecule has 0 aliphatic carbocycles. The van der Waals surface area contributed by atoms with Gasteiger partial charge in [0.05, 0.1) is 4.61 Å². The third kappa shape index (κ3) is 2.69. The Bertz CT molecular complexity index is 412. The van der Waals surface area contributed by atoms with Gasteiger partial charge in [0, 0.05) is 13.1 Å². The Labute approximate surface area is 97.0 Å². The molecule has 0 saturated carbocycles. The first-order valence-corrected chi connectivity index (χ1v) is 5.57. The van der Waals surface area contributed by atoms with Gasteiger partial charge in [-0.15, -0.1) is 0 Å². The van der Waals surface area contributed by atoms with Crippen molar-refractivity contribution < 1.29 is 4.39 Å². The maximum Gasteiger partial charge on any atom is 0.123 e. The van der Waals surface area contributed by atoms with Crippen LogP contribution in [-0.2, 0) is 6.54 Å². The lowest BCUT2D eigenvalue weighted by Crippen LogP contribution is -2.21. The smallest absolute Gasteiger partial charge is 0.123 e. The second-order valence-corrected chi connectivity index (χ2v) is 4.24. The summed E-state index contributed by atoms with van der Waals surface area (Å²) >= 11 is 3.47. The number of hydrogen-bond donors (Lipinski definition) is 0. The number of nitrogens with zero attached hydrogens (tertiary/aromatic N) is 1. The Kier molecular flexibility index (Phi) is 3.21. The first kappa shape index (κ1) is 10.4. The molecule has 3 heteroatoms. The molecule has 0 bridgehead atoms. The molecule has 2 rings (SSSR count). The Morgan fingerprint density at radius 2 is 2.27 bits per heavy atom. The molecule has 0 aromatic heterocycles. The highest BCUT2D eigenvalue weighted by Crippen LogP contribution is 2.19. The minimum atomic E-state index is -0.180. The summed E-state index contributed by atoms with van der Waals surface area (Å²) in [5.74, 6) is -0.180. The zero-order chi connectivity index (χ0) is 10.7. The van der Waals surface area contributed by atoms with Gasteiger partial charge in [-0.3, -0.25) is 0 Å². The van der Waals surface area contributed by atoms with Crippen molar-refractivity contribution in [1.29, 1.82) is 0 Å². The van der Waals surface area contributed by atoms with Gasteiger partial charge in [-0.25, -0.2) is 4.39 Å². The predicted octanol–water partition coefficient (Wildman–Crippen LogP) is 3.43. The fraction of sp³-hybridized carbons (Fsp3) is 0.167. The molecule has 15 heavy (non-hydrogen) atoms. The van der Waals surface area contributed by atoms with E-state index < -0.39 is 0 Å². The second kappa shape index (κ2) is 4.62. The van der Waals surface area contributed by atoms with Crippen LogP contribution < -0.4 is 0 Å². The minimum absolute atomic E-state index is 0.180. The van der Waals surface area contributed by atoms with E-state index in [-0.39, 0.29) is 5.82 Å². The average Bonchev–Trinajstić information content (AvgIpc) is 2.22. The van der Waals surface area contributed by atoms with Crippen LogP contribution in [0.25, 0.3) is 0 Å². The number of halogens is 2. The van der Waals surface area contributed by atoms with Gasteiger partial charge in [0.2, 0.25) is 0 Å². The largest absolute Gasteiger partial charge is 0.358 e. The molecule has 1 aliphatic rings. The van der Waals surface area contributed by atoms with Crippen molar-refractivity contribution in [2.24, 2.45) is 0 Å². The van der Waals surface area contributed by atoms with Crippen molar-refractivity contribution >= 4 is 15.9 Å². The molecule has 1 nitrogen and oxygen atoms in total. The average molecular weight is 268 g/mol. The predicted molar refractivity (Wildman–Crippen MR) is 63.0 cm³/mol. The number of hydrogen-bond acceptors (Lipinski definition) is 1. The summed E-state index contributed by atoms with van der Waals surface area (Å²) in [6.07, 6.45) is 6.07. The standard InChI is InChI=1S/C12H11BrFN/c13-12-6-1-2-7-15(12)9-10-4-3-5-11(14)8-10/h1-6,8H,7,9H2. The molecule has 0 radical (unpaired) electrons. The number of rotatable bonds is 2. The maximum atomic E-state index is 13.0. The highest BCUT2D eigenvalue weighted by Gasteiger charge is 2.08. The van der Waals surface area contributed by atoms with Gasteiger partial charge in [-0.05, 0) is 39.7 Å².